The summed E-state index contributed by atoms with van der Waals surface area (Å²) in [5.74, 6) is -0.196. The van der Waals surface area contributed by atoms with Gasteiger partial charge in [-0.2, -0.15) is 0 Å². The van der Waals surface area contributed by atoms with E-state index in [1.807, 2.05) is 17.7 Å². The third-order valence-corrected chi connectivity index (χ3v) is 3.18. The predicted octanol–water partition coefficient (Wildman–Crippen LogP) is 1.01. The smallest absolute Gasteiger partial charge is 0.251 e. The zero-order chi connectivity index (χ0) is 14.5. The zero-order valence-electron chi connectivity index (χ0n) is 11.0. The molecular weight excluding hydrogens is 324 g/mol. The van der Waals surface area contributed by atoms with Gasteiger partial charge in [0.15, 0.2) is 0 Å². The van der Waals surface area contributed by atoms with E-state index in [1.54, 1.807) is 24.8 Å². The van der Waals surface area contributed by atoms with Crippen LogP contribution in [0.3, 0.4) is 0 Å². The first-order chi connectivity index (χ1) is 9.54. The minimum Gasteiger partial charge on any atom is -0.350 e. The molecule has 0 bridgehead atoms. The summed E-state index contributed by atoms with van der Waals surface area (Å²) in [7, 11) is 0. The lowest BCUT2D eigenvalue weighted by Gasteiger charge is -2.15. The molecule has 0 saturated carbocycles. The van der Waals surface area contributed by atoms with Crippen LogP contribution in [0.4, 0.5) is 0 Å². The fraction of sp³-hybridized carbons (Fsp3) is 0.308. The van der Waals surface area contributed by atoms with Crippen LogP contribution in [0.5, 0.6) is 0 Å². The third kappa shape index (κ3) is 4.06. The molecule has 2 aromatic heterocycles. The summed E-state index contributed by atoms with van der Waals surface area (Å²) in [4.78, 5) is 27.4. The van der Waals surface area contributed by atoms with Gasteiger partial charge in [-0.15, -0.1) is 0 Å². The maximum Gasteiger partial charge on any atom is 0.251 e. The maximum absolute atomic E-state index is 11.9. The van der Waals surface area contributed by atoms with Crippen molar-refractivity contribution < 1.29 is 4.79 Å². The number of hydrogen-bond acceptors (Lipinski definition) is 3. The standard InChI is InChI=1S/C13H15BrN4O2/c1-10(6-17-5-4-15-9-17)16-12(19)8-18-7-11(14)2-3-13(18)20/h2-5,7,9-10H,6,8H2,1H3,(H,16,19)/t10-/m0/s1. The van der Waals surface area contributed by atoms with Crippen molar-refractivity contribution in [1.82, 2.24) is 19.4 Å². The Morgan fingerprint density at radius 3 is 3.00 bits per heavy atom. The molecule has 2 aromatic rings. The highest BCUT2D eigenvalue weighted by Crippen LogP contribution is 2.04. The minimum absolute atomic E-state index is 0.00649. The van der Waals surface area contributed by atoms with Crippen LogP contribution in [0.15, 0.2) is 46.3 Å². The van der Waals surface area contributed by atoms with Crippen LogP contribution in [0, 0.1) is 0 Å². The van der Waals surface area contributed by atoms with Crippen molar-refractivity contribution in [3.63, 3.8) is 0 Å². The first-order valence-corrected chi connectivity index (χ1v) is 6.95. The molecule has 0 unspecified atom stereocenters. The third-order valence-electron chi connectivity index (χ3n) is 2.71. The van der Waals surface area contributed by atoms with Crippen molar-refractivity contribution in [3.05, 3.63) is 51.9 Å². The van der Waals surface area contributed by atoms with Crippen LogP contribution in [0.2, 0.25) is 0 Å². The molecule has 0 saturated heterocycles. The van der Waals surface area contributed by atoms with E-state index in [4.69, 9.17) is 0 Å². The highest BCUT2D eigenvalue weighted by molar-refractivity contribution is 9.10. The van der Waals surface area contributed by atoms with Crippen molar-refractivity contribution in [2.24, 2.45) is 0 Å². The average molecular weight is 339 g/mol. The van der Waals surface area contributed by atoms with E-state index >= 15 is 0 Å². The van der Waals surface area contributed by atoms with Gasteiger partial charge in [-0.05, 0) is 28.9 Å². The van der Waals surface area contributed by atoms with Gasteiger partial charge in [0.05, 0.1) is 6.33 Å². The van der Waals surface area contributed by atoms with Crippen molar-refractivity contribution in [2.45, 2.75) is 26.1 Å². The Morgan fingerprint density at radius 2 is 2.30 bits per heavy atom. The van der Waals surface area contributed by atoms with Crippen molar-refractivity contribution >= 4 is 21.8 Å². The van der Waals surface area contributed by atoms with Gasteiger partial charge in [-0.1, -0.05) is 0 Å². The van der Waals surface area contributed by atoms with E-state index in [0.717, 1.165) is 4.47 Å². The number of imidazole rings is 1. The number of nitrogens with zero attached hydrogens (tertiary/aromatic N) is 3. The Labute approximate surface area is 124 Å². The molecule has 106 valence electrons. The van der Waals surface area contributed by atoms with Crippen molar-refractivity contribution in [2.75, 3.05) is 0 Å². The summed E-state index contributed by atoms with van der Waals surface area (Å²) in [6.07, 6.45) is 6.82. The van der Waals surface area contributed by atoms with E-state index in [9.17, 15) is 9.59 Å². The average Bonchev–Trinajstić information content (AvgIpc) is 2.86. The highest BCUT2D eigenvalue weighted by atomic mass is 79.9. The molecule has 0 spiro atoms. The second kappa shape index (κ2) is 6.51. The first-order valence-electron chi connectivity index (χ1n) is 6.15. The minimum atomic E-state index is -0.203. The van der Waals surface area contributed by atoms with Gasteiger partial charge >= 0.3 is 0 Å². The first kappa shape index (κ1) is 14.5. The molecule has 1 amide bonds. The summed E-state index contributed by atoms with van der Waals surface area (Å²) in [6, 6.07) is 3.03. The van der Waals surface area contributed by atoms with E-state index in [2.05, 4.69) is 26.2 Å². The Kier molecular flexibility index (Phi) is 4.73. The second-order valence-corrected chi connectivity index (χ2v) is 5.46. The molecule has 0 aliphatic carbocycles. The number of amides is 1. The molecule has 0 radical (unpaired) electrons. The van der Waals surface area contributed by atoms with Gasteiger partial charge in [0, 0.05) is 41.7 Å². The summed E-state index contributed by atoms with van der Waals surface area (Å²) >= 11 is 3.28. The second-order valence-electron chi connectivity index (χ2n) is 4.54. The lowest BCUT2D eigenvalue weighted by Crippen LogP contribution is -2.39. The summed E-state index contributed by atoms with van der Waals surface area (Å²) in [5.41, 5.74) is -0.203. The maximum atomic E-state index is 11.9. The zero-order valence-corrected chi connectivity index (χ0v) is 12.6. The SMILES string of the molecule is C[C@@H](Cn1ccnc1)NC(=O)Cn1cc(Br)ccc1=O. The molecule has 0 fully saturated rings. The normalized spacial score (nSPS) is 12.1. The predicted molar refractivity (Wildman–Crippen MR) is 78.2 cm³/mol. The molecule has 20 heavy (non-hydrogen) atoms. The molecule has 0 aliphatic heterocycles. The van der Waals surface area contributed by atoms with Crippen LogP contribution in [0.1, 0.15) is 6.92 Å². The molecule has 7 heteroatoms. The van der Waals surface area contributed by atoms with Gasteiger partial charge in [0.2, 0.25) is 5.91 Å². The van der Waals surface area contributed by atoms with Gasteiger partial charge < -0.3 is 14.5 Å². The fourth-order valence-corrected chi connectivity index (χ4v) is 2.24. The Morgan fingerprint density at radius 1 is 1.50 bits per heavy atom. The van der Waals surface area contributed by atoms with E-state index < -0.39 is 0 Å². The lowest BCUT2D eigenvalue weighted by atomic mass is 10.3. The Hall–Kier alpha value is -1.89. The van der Waals surface area contributed by atoms with Crippen LogP contribution in [-0.2, 0) is 17.9 Å². The number of carbonyl (C=O) groups is 1. The largest absolute Gasteiger partial charge is 0.350 e. The van der Waals surface area contributed by atoms with Crippen molar-refractivity contribution in [3.8, 4) is 0 Å². The summed E-state index contributed by atoms with van der Waals surface area (Å²) in [5, 5.41) is 2.85. The van der Waals surface area contributed by atoms with Crippen LogP contribution in [0.25, 0.3) is 0 Å². The molecule has 1 atom stereocenters. The molecule has 2 heterocycles. The Bertz CT molecular complexity index is 636. The molecule has 0 aliphatic rings. The van der Waals surface area contributed by atoms with Gasteiger partial charge in [0.25, 0.3) is 5.56 Å². The number of halogens is 1. The number of aromatic nitrogens is 3. The Balaban J connectivity index is 1.92. The van der Waals surface area contributed by atoms with Gasteiger partial charge in [0.1, 0.15) is 6.54 Å². The van der Waals surface area contributed by atoms with Gasteiger partial charge in [-0.3, -0.25) is 9.59 Å². The fourth-order valence-electron chi connectivity index (χ4n) is 1.86. The summed E-state index contributed by atoms with van der Waals surface area (Å²) < 4.78 is 4.01. The van der Waals surface area contributed by atoms with E-state index in [-0.39, 0.29) is 24.1 Å². The highest BCUT2D eigenvalue weighted by Gasteiger charge is 2.09. The van der Waals surface area contributed by atoms with E-state index in [0.29, 0.717) is 6.54 Å². The topological polar surface area (TPSA) is 68.9 Å². The molecule has 1 N–H and O–H groups in total. The van der Waals surface area contributed by atoms with Crippen LogP contribution >= 0.6 is 15.9 Å². The number of hydrogen-bond donors (Lipinski definition) is 1. The number of pyridine rings is 1. The number of rotatable bonds is 5. The lowest BCUT2D eigenvalue weighted by molar-refractivity contribution is -0.122. The molecule has 6 nitrogen and oxygen atoms in total. The van der Waals surface area contributed by atoms with Crippen LogP contribution in [-0.4, -0.2) is 26.1 Å². The molecule has 2 rings (SSSR count). The van der Waals surface area contributed by atoms with Crippen LogP contribution < -0.4 is 10.9 Å². The number of nitrogens with one attached hydrogen (secondary N) is 1. The molecular formula is C13H15BrN4O2. The van der Waals surface area contributed by atoms with Crippen molar-refractivity contribution in [1.29, 1.82) is 0 Å². The monoisotopic (exact) mass is 338 g/mol. The van der Waals surface area contributed by atoms with E-state index in [1.165, 1.54) is 10.6 Å². The quantitative estimate of drug-likeness (QED) is 0.884. The number of carbonyl (C=O) groups excluding carboxylic acids is 1. The van der Waals surface area contributed by atoms with Gasteiger partial charge in [-0.25, -0.2) is 4.98 Å². The molecule has 0 aromatic carbocycles. The summed E-state index contributed by atoms with van der Waals surface area (Å²) in [6.45, 7) is 2.55.